The van der Waals surface area contributed by atoms with Crippen molar-refractivity contribution in [3.63, 3.8) is 0 Å². The molecule has 3 N–H and O–H groups in total. The molecule has 0 fully saturated rings. The lowest BCUT2D eigenvalue weighted by Gasteiger charge is -2.11. The van der Waals surface area contributed by atoms with E-state index >= 15 is 0 Å². The zero-order valence-electron chi connectivity index (χ0n) is 17.6. The smallest absolute Gasteiger partial charge is 0.191 e. The first kappa shape index (κ1) is 21.2. The summed E-state index contributed by atoms with van der Waals surface area (Å²) in [4.78, 5) is 9.13. The number of nitrogens with zero attached hydrogens (tertiary/aromatic N) is 3. The molecule has 0 saturated heterocycles. The molecule has 0 aliphatic carbocycles. The monoisotopic (exact) mass is 408 g/mol. The first-order valence-electron chi connectivity index (χ1n) is 9.92. The number of hydrogen-bond acceptors (Lipinski definition) is 5. The van der Waals surface area contributed by atoms with E-state index in [9.17, 15) is 0 Å². The molecule has 0 radical (unpaired) electrons. The lowest BCUT2D eigenvalue weighted by atomic mass is 10.1. The second kappa shape index (κ2) is 10.8. The number of aliphatic imine (C=N–C) groups is 1. The molecular formula is C22H28N6O2. The molecule has 3 aromatic rings. The Morgan fingerprint density at radius 2 is 1.63 bits per heavy atom. The van der Waals surface area contributed by atoms with Gasteiger partial charge < -0.3 is 20.1 Å². The summed E-state index contributed by atoms with van der Waals surface area (Å²) in [7, 11) is 3.31. The molecule has 0 spiro atoms. The van der Waals surface area contributed by atoms with Crippen LogP contribution in [-0.2, 0) is 13.0 Å². The van der Waals surface area contributed by atoms with Gasteiger partial charge in [0.25, 0.3) is 0 Å². The highest BCUT2D eigenvalue weighted by molar-refractivity contribution is 5.79. The molecule has 0 bridgehead atoms. The Labute approximate surface area is 176 Å². The van der Waals surface area contributed by atoms with Crippen molar-refractivity contribution in [2.45, 2.75) is 19.9 Å². The van der Waals surface area contributed by atoms with Crippen LogP contribution in [0, 0.1) is 0 Å². The number of H-pyrrole nitrogens is 1. The molecular weight excluding hydrogens is 380 g/mol. The predicted octanol–water partition coefficient (Wildman–Crippen LogP) is 2.79. The fraction of sp³-hybridized carbons (Fsp3) is 0.318. The molecule has 0 aliphatic rings. The van der Waals surface area contributed by atoms with Crippen molar-refractivity contribution in [1.82, 2.24) is 25.8 Å². The van der Waals surface area contributed by atoms with Gasteiger partial charge in [-0.15, -0.1) is 0 Å². The Hall–Kier alpha value is -3.55. The highest BCUT2D eigenvalue weighted by Crippen LogP contribution is 2.19. The number of rotatable bonds is 9. The third kappa shape index (κ3) is 5.97. The van der Waals surface area contributed by atoms with Gasteiger partial charge in [-0.05, 0) is 55.3 Å². The number of hydrogen-bond donors (Lipinski definition) is 3. The average molecular weight is 409 g/mol. The van der Waals surface area contributed by atoms with E-state index < -0.39 is 0 Å². The summed E-state index contributed by atoms with van der Waals surface area (Å²) in [6, 6.07) is 15.7. The fourth-order valence-electron chi connectivity index (χ4n) is 2.85. The van der Waals surface area contributed by atoms with Crippen LogP contribution in [0.5, 0.6) is 11.5 Å². The molecule has 8 heteroatoms. The van der Waals surface area contributed by atoms with Gasteiger partial charge in [-0.1, -0.05) is 12.1 Å². The Morgan fingerprint density at radius 1 is 0.967 bits per heavy atom. The Kier molecular flexibility index (Phi) is 7.65. The maximum absolute atomic E-state index is 5.19. The number of nitrogens with one attached hydrogen (secondary N) is 3. The van der Waals surface area contributed by atoms with Crippen molar-refractivity contribution in [1.29, 1.82) is 0 Å². The maximum atomic E-state index is 5.19. The lowest BCUT2D eigenvalue weighted by Crippen LogP contribution is -2.38. The Balaban J connectivity index is 1.55. The molecule has 8 nitrogen and oxygen atoms in total. The largest absolute Gasteiger partial charge is 0.497 e. The second-order valence-corrected chi connectivity index (χ2v) is 6.55. The third-order valence-corrected chi connectivity index (χ3v) is 4.48. The number of benzene rings is 2. The van der Waals surface area contributed by atoms with Crippen LogP contribution in [0.4, 0.5) is 0 Å². The SMILES string of the molecule is CCNC(=NCc1nc(-c2ccc(OC)cc2)n[nH]1)NCCc1ccc(OC)cc1. The van der Waals surface area contributed by atoms with Gasteiger partial charge in [-0.3, -0.25) is 5.10 Å². The Bertz CT molecular complexity index is 935. The maximum Gasteiger partial charge on any atom is 0.191 e. The number of methoxy groups -OCH3 is 2. The summed E-state index contributed by atoms with van der Waals surface area (Å²) in [6.45, 7) is 3.99. The molecule has 1 aromatic heterocycles. The zero-order valence-corrected chi connectivity index (χ0v) is 17.6. The van der Waals surface area contributed by atoms with Crippen LogP contribution >= 0.6 is 0 Å². The normalized spacial score (nSPS) is 11.2. The molecule has 0 amide bonds. The van der Waals surface area contributed by atoms with Crippen molar-refractivity contribution in [2.24, 2.45) is 4.99 Å². The zero-order chi connectivity index (χ0) is 21.2. The number of guanidine groups is 1. The van der Waals surface area contributed by atoms with Crippen molar-refractivity contribution < 1.29 is 9.47 Å². The molecule has 30 heavy (non-hydrogen) atoms. The van der Waals surface area contributed by atoms with Gasteiger partial charge in [0.05, 0.1) is 14.2 Å². The minimum absolute atomic E-state index is 0.404. The first-order valence-corrected chi connectivity index (χ1v) is 9.92. The summed E-state index contributed by atoms with van der Waals surface area (Å²) >= 11 is 0. The molecule has 2 aromatic carbocycles. The van der Waals surface area contributed by atoms with Crippen LogP contribution in [0.15, 0.2) is 53.5 Å². The minimum atomic E-state index is 0.404. The van der Waals surface area contributed by atoms with Gasteiger partial charge >= 0.3 is 0 Å². The summed E-state index contributed by atoms with van der Waals surface area (Å²) in [5.41, 5.74) is 2.16. The molecule has 158 valence electrons. The quantitative estimate of drug-likeness (QED) is 0.372. The Morgan fingerprint density at radius 3 is 2.27 bits per heavy atom. The van der Waals surface area contributed by atoms with E-state index in [4.69, 9.17) is 9.47 Å². The van der Waals surface area contributed by atoms with Crippen LogP contribution in [0.3, 0.4) is 0 Å². The standard InChI is InChI=1S/C22H28N6O2/c1-4-23-22(24-14-13-16-5-9-18(29-2)10-6-16)25-15-20-26-21(28-27-20)17-7-11-19(30-3)12-8-17/h5-12H,4,13-15H2,1-3H3,(H2,23,24,25)(H,26,27,28). The third-order valence-electron chi connectivity index (χ3n) is 4.48. The molecule has 0 atom stereocenters. The summed E-state index contributed by atoms with van der Waals surface area (Å²) in [5.74, 6) is 3.75. The highest BCUT2D eigenvalue weighted by atomic mass is 16.5. The van der Waals surface area contributed by atoms with E-state index in [1.165, 1.54) is 5.56 Å². The molecule has 1 heterocycles. The van der Waals surface area contributed by atoms with Crippen molar-refractivity contribution in [2.75, 3.05) is 27.3 Å². The van der Waals surface area contributed by atoms with E-state index in [2.05, 4.69) is 42.9 Å². The topological polar surface area (TPSA) is 96.5 Å². The number of aromatic amines is 1. The van der Waals surface area contributed by atoms with Gasteiger partial charge in [-0.25, -0.2) is 9.98 Å². The van der Waals surface area contributed by atoms with Crippen LogP contribution < -0.4 is 20.1 Å². The second-order valence-electron chi connectivity index (χ2n) is 6.55. The fourth-order valence-corrected chi connectivity index (χ4v) is 2.85. The molecule has 0 unspecified atom stereocenters. The van der Waals surface area contributed by atoms with Crippen molar-refractivity contribution in [3.8, 4) is 22.9 Å². The lowest BCUT2D eigenvalue weighted by molar-refractivity contribution is 0.414. The van der Waals surface area contributed by atoms with Crippen LogP contribution in [0.2, 0.25) is 0 Å². The molecule has 0 saturated carbocycles. The van der Waals surface area contributed by atoms with Gasteiger partial charge in [0, 0.05) is 18.7 Å². The summed E-state index contributed by atoms with van der Waals surface area (Å²) in [6.07, 6.45) is 0.887. The first-order chi connectivity index (χ1) is 14.7. The molecule has 3 rings (SSSR count). The van der Waals surface area contributed by atoms with E-state index in [1.807, 2.05) is 43.3 Å². The molecule has 0 aliphatic heterocycles. The average Bonchev–Trinajstić information content (AvgIpc) is 3.27. The van der Waals surface area contributed by atoms with Crippen molar-refractivity contribution >= 4 is 5.96 Å². The highest BCUT2D eigenvalue weighted by Gasteiger charge is 2.06. The summed E-state index contributed by atoms with van der Waals surface area (Å²) < 4.78 is 10.4. The van der Waals surface area contributed by atoms with Crippen LogP contribution in [0.1, 0.15) is 18.3 Å². The minimum Gasteiger partial charge on any atom is -0.497 e. The van der Waals surface area contributed by atoms with Crippen LogP contribution in [0.25, 0.3) is 11.4 Å². The summed E-state index contributed by atoms with van der Waals surface area (Å²) in [5, 5.41) is 13.8. The van der Waals surface area contributed by atoms with Gasteiger partial charge in [-0.2, -0.15) is 5.10 Å². The van der Waals surface area contributed by atoms with Gasteiger partial charge in [0.15, 0.2) is 11.8 Å². The van der Waals surface area contributed by atoms with Crippen molar-refractivity contribution in [3.05, 3.63) is 59.9 Å². The van der Waals surface area contributed by atoms with Crippen LogP contribution in [-0.4, -0.2) is 48.5 Å². The van der Waals surface area contributed by atoms with Gasteiger partial charge in [0.1, 0.15) is 23.9 Å². The number of aromatic nitrogens is 3. The van der Waals surface area contributed by atoms with E-state index in [0.29, 0.717) is 18.2 Å². The van der Waals surface area contributed by atoms with E-state index in [1.54, 1.807) is 14.2 Å². The van der Waals surface area contributed by atoms with E-state index in [0.717, 1.165) is 42.5 Å². The predicted molar refractivity (Wildman–Crippen MR) is 118 cm³/mol. The number of ether oxygens (including phenoxy) is 2. The van der Waals surface area contributed by atoms with Gasteiger partial charge in [0.2, 0.25) is 0 Å². The van der Waals surface area contributed by atoms with E-state index in [-0.39, 0.29) is 0 Å².